The summed E-state index contributed by atoms with van der Waals surface area (Å²) < 4.78 is 0. The average Bonchev–Trinajstić information content (AvgIpc) is 2.65. The normalized spacial score (nSPS) is 10.3. The Morgan fingerprint density at radius 1 is 0.963 bits per heavy atom. The third-order valence-corrected chi connectivity index (χ3v) is 4.13. The topological polar surface area (TPSA) is 84.0 Å². The van der Waals surface area contributed by atoms with E-state index in [4.69, 9.17) is 11.6 Å². The maximum absolute atomic E-state index is 12.3. The number of nitrogens with one attached hydrogen (secondary N) is 2. The Kier molecular flexibility index (Phi) is 5.47. The zero-order valence-corrected chi connectivity index (χ0v) is 15.5. The van der Waals surface area contributed by atoms with Crippen LogP contribution >= 0.6 is 11.6 Å². The zero-order valence-electron chi connectivity index (χ0n) is 14.8. The second kappa shape index (κ2) is 7.97. The van der Waals surface area contributed by atoms with Gasteiger partial charge in [-0.05, 0) is 74.0 Å². The van der Waals surface area contributed by atoms with E-state index in [2.05, 4.69) is 20.8 Å². The third-order valence-electron chi connectivity index (χ3n) is 3.90. The van der Waals surface area contributed by atoms with Crippen molar-refractivity contribution in [2.24, 2.45) is 0 Å². The molecule has 0 atom stereocenters. The number of aromatic nitrogens is 2. The summed E-state index contributed by atoms with van der Waals surface area (Å²) >= 11 is 5.95. The lowest BCUT2D eigenvalue weighted by atomic mass is 10.1. The lowest BCUT2D eigenvalue weighted by molar-refractivity contribution is 0.101. The summed E-state index contributed by atoms with van der Waals surface area (Å²) in [4.78, 5) is 23.6. The highest BCUT2D eigenvalue weighted by Crippen LogP contribution is 2.22. The first-order valence-corrected chi connectivity index (χ1v) is 8.59. The SMILES string of the molecule is CC(=O)c1ccc(NC(=O)c2ccc(Nc3ccc(Cl)cc3C)nn2)cc1. The van der Waals surface area contributed by atoms with Crippen molar-refractivity contribution in [2.75, 3.05) is 10.6 Å². The van der Waals surface area contributed by atoms with Gasteiger partial charge in [0.1, 0.15) is 0 Å². The van der Waals surface area contributed by atoms with E-state index in [1.807, 2.05) is 19.1 Å². The van der Waals surface area contributed by atoms with Gasteiger partial charge in [-0.25, -0.2) is 0 Å². The summed E-state index contributed by atoms with van der Waals surface area (Å²) in [6, 6.07) is 15.4. The number of halogens is 1. The molecule has 0 aliphatic rings. The summed E-state index contributed by atoms with van der Waals surface area (Å²) in [6.45, 7) is 3.42. The van der Waals surface area contributed by atoms with Crippen LogP contribution in [0.5, 0.6) is 0 Å². The number of nitrogens with zero attached hydrogens (tertiary/aromatic N) is 2. The van der Waals surface area contributed by atoms with E-state index in [-0.39, 0.29) is 17.4 Å². The Morgan fingerprint density at radius 3 is 2.30 bits per heavy atom. The molecule has 0 saturated carbocycles. The number of Topliss-reactive ketones (excluding diaryl/α,β-unsaturated/α-hetero) is 1. The molecule has 1 amide bonds. The molecule has 0 aliphatic carbocycles. The van der Waals surface area contributed by atoms with Crippen molar-refractivity contribution in [1.29, 1.82) is 0 Å². The van der Waals surface area contributed by atoms with Crippen LogP contribution in [0.25, 0.3) is 0 Å². The van der Waals surface area contributed by atoms with Crippen LogP contribution in [0.1, 0.15) is 33.3 Å². The van der Waals surface area contributed by atoms with Crippen LogP contribution in [0.2, 0.25) is 5.02 Å². The Balaban J connectivity index is 1.67. The molecular weight excluding hydrogens is 364 g/mol. The van der Waals surface area contributed by atoms with Crippen LogP contribution in [-0.4, -0.2) is 21.9 Å². The molecule has 2 aromatic carbocycles. The van der Waals surface area contributed by atoms with Crippen LogP contribution in [-0.2, 0) is 0 Å². The second-order valence-electron chi connectivity index (χ2n) is 5.98. The van der Waals surface area contributed by atoms with Gasteiger partial charge >= 0.3 is 0 Å². The first-order chi connectivity index (χ1) is 12.9. The van der Waals surface area contributed by atoms with Crippen molar-refractivity contribution >= 4 is 40.5 Å². The molecule has 0 unspecified atom stereocenters. The molecule has 0 fully saturated rings. The fourth-order valence-corrected chi connectivity index (χ4v) is 2.64. The number of hydrogen-bond acceptors (Lipinski definition) is 5. The first kappa shape index (κ1) is 18.5. The van der Waals surface area contributed by atoms with Crippen LogP contribution in [0.15, 0.2) is 54.6 Å². The lowest BCUT2D eigenvalue weighted by Crippen LogP contribution is -2.14. The van der Waals surface area contributed by atoms with Crippen LogP contribution < -0.4 is 10.6 Å². The summed E-state index contributed by atoms with van der Waals surface area (Å²) in [6.07, 6.45) is 0. The molecule has 3 rings (SSSR count). The maximum Gasteiger partial charge on any atom is 0.276 e. The molecule has 0 bridgehead atoms. The molecule has 27 heavy (non-hydrogen) atoms. The highest BCUT2D eigenvalue weighted by atomic mass is 35.5. The first-order valence-electron chi connectivity index (χ1n) is 8.21. The van der Waals surface area contributed by atoms with E-state index in [1.54, 1.807) is 42.5 Å². The largest absolute Gasteiger partial charge is 0.339 e. The Morgan fingerprint density at radius 2 is 1.70 bits per heavy atom. The van der Waals surface area contributed by atoms with E-state index in [0.717, 1.165) is 11.3 Å². The van der Waals surface area contributed by atoms with Gasteiger partial charge in [-0.2, -0.15) is 0 Å². The second-order valence-corrected chi connectivity index (χ2v) is 6.41. The number of ketones is 1. The molecule has 6 nitrogen and oxygen atoms in total. The summed E-state index contributed by atoms with van der Waals surface area (Å²) in [5.74, 6) is 0.104. The minimum absolute atomic E-state index is 0.0299. The minimum atomic E-state index is -0.382. The average molecular weight is 381 g/mol. The van der Waals surface area contributed by atoms with Gasteiger partial charge in [0.05, 0.1) is 0 Å². The smallest absolute Gasteiger partial charge is 0.276 e. The molecule has 3 aromatic rings. The maximum atomic E-state index is 12.3. The molecule has 136 valence electrons. The van der Waals surface area contributed by atoms with Gasteiger partial charge in [0.2, 0.25) is 0 Å². The molecule has 2 N–H and O–H groups in total. The van der Waals surface area contributed by atoms with E-state index in [0.29, 0.717) is 22.1 Å². The predicted molar refractivity (Wildman–Crippen MR) is 106 cm³/mol. The van der Waals surface area contributed by atoms with E-state index in [9.17, 15) is 9.59 Å². The van der Waals surface area contributed by atoms with Crippen molar-refractivity contribution in [3.05, 3.63) is 76.4 Å². The number of carbonyl (C=O) groups excluding carboxylic acids is 2. The number of aryl methyl sites for hydroxylation is 1. The van der Waals surface area contributed by atoms with E-state index in [1.165, 1.54) is 6.92 Å². The van der Waals surface area contributed by atoms with Crippen molar-refractivity contribution in [3.63, 3.8) is 0 Å². The number of carbonyl (C=O) groups is 2. The molecule has 0 radical (unpaired) electrons. The molecule has 1 heterocycles. The monoisotopic (exact) mass is 380 g/mol. The lowest BCUT2D eigenvalue weighted by Gasteiger charge is -2.09. The number of hydrogen-bond donors (Lipinski definition) is 2. The van der Waals surface area contributed by atoms with Crippen molar-refractivity contribution < 1.29 is 9.59 Å². The molecule has 0 saturated heterocycles. The fraction of sp³-hybridized carbons (Fsp3) is 0.100. The van der Waals surface area contributed by atoms with Gasteiger partial charge in [-0.15, -0.1) is 10.2 Å². The van der Waals surface area contributed by atoms with Crippen LogP contribution in [0.3, 0.4) is 0 Å². The van der Waals surface area contributed by atoms with Gasteiger partial charge in [-0.3, -0.25) is 9.59 Å². The fourth-order valence-electron chi connectivity index (χ4n) is 2.41. The summed E-state index contributed by atoms with van der Waals surface area (Å²) in [5, 5.41) is 14.5. The molecule has 7 heteroatoms. The summed E-state index contributed by atoms with van der Waals surface area (Å²) in [5.41, 5.74) is 3.17. The van der Waals surface area contributed by atoms with Gasteiger partial charge in [0.15, 0.2) is 17.3 Å². The molecule has 0 spiro atoms. The number of anilines is 3. The Labute approximate surface area is 161 Å². The van der Waals surface area contributed by atoms with E-state index >= 15 is 0 Å². The van der Waals surface area contributed by atoms with Crippen LogP contribution in [0, 0.1) is 6.92 Å². The number of amides is 1. The van der Waals surface area contributed by atoms with Gasteiger partial charge in [-0.1, -0.05) is 11.6 Å². The van der Waals surface area contributed by atoms with Gasteiger partial charge in [0.25, 0.3) is 5.91 Å². The third kappa shape index (κ3) is 4.68. The Bertz CT molecular complexity index is 986. The minimum Gasteiger partial charge on any atom is -0.339 e. The predicted octanol–water partition coefficient (Wildman–Crippen LogP) is 4.64. The van der Waals surface area contributed by atoms with Gasteiger partial charge < -0.3 is 10.6 Å². The van der Waals surface area contributed by atoms with Crippen molar-refractivity contribution in [2.45, 2.75) is 13.8 Å². The zero-order chi connectivity index (χ0) is 19.4. The van der Waals surface area contributed by atoms with Crippen molar-refractivity contribution in [3.8, 4) is 0 Å². The van der Waals surface area contributed by atoms with Crippen molar-refractivity contribution in [1.82, 2.24) is 10.2 Å². The van der Waals surface area contributed by atoms with Crippen LogP contribution in [0.4, 0.5) is 17.2 Å². The summed E-state index contributed by atoms with van der Waals surface area (Å²) in [7, 11) is 0. The molecule has 0 aliphatic heterocycles. The standard InChI is InChI=1S/C20H17ClN4O2/c1-12-11-15(21)5-8-17(12)23-19-10-9-18(24-25-19)20(27)22-16-6-3-14(4-7-16)13(2)26/h3-11H,1-2H3,(H,22,27)(H,23,25). The quantitative estimate of drug-likeness (QED) is 0.630. The highest BCUT2D eigenvalue weighted by molar-refractivity contribution is 6.30. The number of benzene rings is 2. The van der Waals surface area contributed by atoms with E-state index < -0.39 is 0 Å². The molecule has 1 aromatic heterocycles. The Hall–Kier alpha value is -3.25. The number of rotatable bonds is 5. The molecular formula is C20H17ClN4O2. The highest BCUT2D eigenvalue weighted by Gasteiger charge is 2.10. The van der Waals surface area contributed by atoms with Gasteiger partial charge in [0, 0.05) is 22.0 Å².